The van der Waals surface area contributed by atoms with Gasteiger partial charge >= 0.3 is 0 Å². The van der Waals surface area contributed by atoms with Crippen LogP contribution in [-0.4, -0.2) is 47.4 Å². The van der Waals surface area contributed by atoms with E-state index in [9.17, 15) is 4.39 Å². The smallest absolute Gasteiger partial charge is 0.250 e. The Labute approximate surface area is 134 Å². The second-order valence-corrected chi connectivity index (χ2v) is 6.25. The first-order valence-corrected chi connectivity index (χ1v) is 8.21. The molecule has 0 aliphatic carbocycles. The molecule has 3 heterocycles. The molecular weight excluding hydrogens is 297 g/mol. The minimum atomic E-state index is -0.335. The second kappa shape index (κ2) is 6.37. The Morgan fingerprint density at radius 3 is 2.74 bits per heavy atom. The highest BCUT2D eigenvalue weighted by atomic mass is 19.1. The van der Waals surface area contributed by atoms with E-state index in [0.717, 1.165) is 45.6 Å². The summed E-state index contributed by atoms with van der Waals surface area (Å²) in [5.41, 5.74) is 0.366. The van der Waals surface area contributed by atoms with E-state index in [1.165, 1.54) is 6.07 Å². The molecule has 4 rings (SSSR count). The van der Waals surface area contributed by atoms with Crippen molar-refractivity contribution >= 4 is 0 Å². The third-order valence-electron chi connectivity index (χ3n) is 4.82. The maximum absolute atomic E-state index is 13.8. The van der Waals surface area contributed by atoms with Crippen LogP contribution in [-0.2, 0) is 4.74 Å². The van der Waals surface area contributed by atoms with Crippen molar-refractivity contribution in [3.63, 3.8) is 0 Å². The van der Waals surface area contributed by atoms with Crippen LogP contribution in [0.2, 0.25) is 0 Å². The fraction of sp³-hybridized carbons (Fsp3) is 0.529. The zero-order valence-electron chi connectivity index (χ0n) is 12.9. The first-order valence-electron chi connectivity index (χ1n) is 8.21. The largest absolute Gasteiger partial charge is 0.420 e. The maximum Gasteiger partial charge on any atom is 0.250 e. The lowest BCUT2D eigenvalue weighted by Crippen LogP contribution is -2.37. The molecule has 23 heavy (non-hydrogen) atoms. The number of likely N-dealkylation sites (tertiary alicyclic amines) is 1. The number of benzene rings is 1. The van der Waals surface area contributed by atoms with Crippen molar-refractivity contribution < 1.29 is 13.5 Å². The SMILES string of the molecule is Fc1ccccc1-c1nnc(C2CCN(C3CCOCC3)C2)o1. The zero-order chi connectivity index (χ0) is 15.6. The Bertz CT molecular complexity index is 669. The second-order valence-electron chi connectivity index (χ2n) is 6.25. The average molecular weight is 317 g/mol. The lowest BCUT2D eigenvalue weighted by atomic mass is 10.1. The van der Waals surface area contributed by atoms with E-state index in [1.807, 2.05) is 0 Å². The van der Waals surface area contributed by atoms with E-state index in [2.05, 4.69) is 15.1 Å². The number of aromatic nitrogens is 2. The molecule has 6 heteroatoms. The molecule has 2 fully saturated rings. The predicted molar refractivity (Wildman–Crippen MR) is 82.5 cm³/mol. The molecule has 0 amide bonds. The van der Waals surface area contributed by atoms with Gasteiger partial charge in [-0.15, -0.1) is 10.2 Å². The fourth-order valence-corrected chi connectivity index (χ4v) is 3.51. The Kier molecular flexibility index (Phi) is 4.10. The van der Waals surface area contributed by atoms with Crippen molar-refractivity contribution in [1.29, 1.82) is 0 Å². The summed E-state index contributed by atoms with van der Waals surface area (Å²) in [5, 5.41) is 8.19. The normalized spacial score (nSPS) is 23.4. The summed E-state index contributed by atoms with van der Waals surface area (Å²) in [5.74, 6) is 0.796. The molecule has 0 radical (unpaired) electrons. The van der Waals surface area contributed by atoms with Crippen LogP contribution >= 0.6 is 0 Å². The van der Waals surface area contributed by atoms with E-state index in [0.29, 0.717) is 17.5 Å². The predicted octanol–water partition coefficient (Wildman–Crippen LogP) is 2.84. The van der Waals surface area contributed by atoms with Crippen LogP contribution in [0, 0.1) is 5.82 Å². The molecule has 0 N–H and O–H groups in total. The summed E-state index contributed by atoms with van der Waals surface area (Å²) in [7, 11) is 0. The van der Waals surface area contributed by atoms with Gasteiger partial charge in [-0.1, -0.05) is 12.1 Å². The highest BCUT2D eigenvalue weighted by molar-refractivity contribution is 5.53. The van der Waals surface area contributed by atoms with Crippen molar-refractivity contribution in [3.05, 3.63) is 36.0 Å². The third-order valence-corrected chi connectivity index (χ3v) is 4.82. The van der Waals surface area contributed by atoms with Crippen LogP contribution in [0.1, 0.15) is 31.1 Å². The van der Waals surface area contributed by atoms with Gasteiger partial charge in [-0.25, -0.2) is 4.39 Å². The van der Waals surface area contributed by atoms with Crippen LogP contribution in [0.3, 0.4) is 0 Å². The van der Waals surface area contributed by atoms with Gasteiger partial charge in [0.05, 0.1) is 11.5 Å². The van der Waals surface area contributed by atoms with Crippen molar-refractivity contribution in [3.8, 4) is 11.5 Å². The molecule has 2 saturated heterocycles. The molecule has 1 unspecified atom stereocenters. The first-order chi connectivity index (χ1) is 11.3. The standard InChI is InChI=1S/C17H20FN3O2/c18-15-4-2-1-3-14(15)17-20-19-16(23-17)12-5-8-21(11-12)13-6-9-22-10-7-13/h1-4,12-13H,5-11H2. The molecule has 2 aliphatic rings. The first kappa shape index (κ1) is 14.8. The van der Waals surface area contributed by atoms with Gasteiger partial charge in [-0.3, -0.25) is 4.90 Å². The summed E-state index contributed by atoms with van der Waals surface area (Å²) in [6.07, 6.45) is 3.20. The third kappa shape index (κ3) is 3.01. The number of hydrogen-bond donors (Lipinski definition) is 0. The van der Waals surface area contributed by atoms with E-state index in [4.69, 9.17) is 9.15 Å². The number of rotatable bonds is 3. The van der Waals surface area contributed by atoms with E-state index >= 15 is 0 Å². The summed E-state index contributed by atoms with van der Waals surface area (Å²) >= 11 is 0. The molecule has 0 saturated carbocycles. The number of nitrogens with zero attached hydrogens (tertiary/aromatic N) is 3. The van der Waals surface area contributed by atoms with Gasteiger partial charge in [0.25, 0.3) is 5.89 Å². The van der Waals surface area contributed by atoms with Gasteiger partial charge < -0.3 is 9.15 Å². The van der Waals surface area contributed by atoms with E-state index < -0.39 is 0 Å². The Hall–Kier alpha value is -1.79. The number of halogens is 1. The topological polar surface area (TPSA) is 51.4 Å². The summed E-state index contributed by atoms with van der Waals surface area (Å²) in [6, 6.07) is 7.09. The Morgan fingerprint density at radius 1 is 1.09 bits per heavy atom. The van der Waals surface area contributed by atoms with Crippen LogP contribution in [0.25, 0.3) is 11.5 Å². The number of ether oxygens (including phenoxy) is 1. The van der Waals surface area contributed by atoms with Gasteiger partial charge in [-0.2, -0.15) is 0 Å². The minimum Gasteiger partial charge on any atom is -0.420 e. The van der Waals surface area contributed by atoms with Gasteiger partial charge in [0, 0.05) is 25.8 Å². The van der Waals surface area contributed by atoms with Crippen molar-refractivity contribution in [1.82, 2.24) is 15.1 Å². The molecule has 1 atom stereocenters. The molecule has 2 aliphatic heterocycles. The van der Waals surface area contributed by atoms with Crippen LogP contribution in [0.4, 0.5) is 4.39 Å². The quantitative estimate of drug-likeness (QED) is 0.871. The van der Waals surface area contributed by atoms with Gasteiger partial charge in [0.15, 0.2) is 0 Å². The summed E-state index contributed by atoms with van der Waals surface area (Å²) in [4.78, 5) is 2.50. The van der Waals surface area contributed by atoms with Crippen molar-refractivity contribution in [2.75, 3.05) is 26.3 Å². The Morgan fingerprint density at radius 2 is 1.91 bits per heavy atom. The van der Waals surface area contributed by atoms with Crippen LogP contribution < -0.4 is 0 Å². The fourth-order valence-electron chi connectivity index (χ4n) is 3.51. The number of hydrogen-bond acceptors (Lipinski definition) is 5. The Balaban J connectivity index is 1.46. The van der Waals surface area contributed by atoms with Crippen LogP contribution in [0.5, 0.6) is 0 Å². The van der Waals surface area contributed by atoms with E-state index in [1.54, 1.807) is 18.2 Å². The molecule has 1 aromatic heterocycles. The molecule has 0 bridgehead atoms. The lowest BCUT2D eigenvalue weighted by Gasteiger charge is -2.30. The maximum atomic E-state index is 13.8. The molecule has 5 nitrogen and oxygen atoms in total. The zero-order valence-corrected chi connectivity index (χ0v) is 12.9. The minimum absolute atomic E-state index is 0.242. The highest BCUT2D eigenvalue weighted by Gasteiger charge is 2.33. The summed E-state index contributed by atoms with van der Waals surface area (Å²) in [6.45, 7) is 3.68. The lowest BCUT2D eigenvalue weighted by molar-refractivity contribution is 0.0417. The monoisotopic (exact) mass is 317 g/mol. The van der Waals surface area contributed by atoms with Crippen molar-refractivity contribution in [2.45, 2.75) is 31.2 Å². The van der Waals surface area contributed by atoms with Crippen LogP contribution in [0.15, 0.2) is 28.7 Å². The molecule has 1 aromatic carbocycles. The van der Waals surface area contributed by atoms with E-state index in [-0.39, 0.29) is 17.6 Å². The summed E-state index contributed by atoms with van der Waals surface area (Å²) < 4.78 is 25.0. The van der Waals surface area contributed by atoms with Crippen molar-refractivity contribution in [2.24, 2.45) is 0 Å². The average Bonchev–Trinajstić information content (AvgIpc) is 3.25. The molecule has 0 spiro atoms. The molecule has 122 valence electrons. The van der Waals surface area contributed by atoms with Gasteiger partial charge in [-0.05, 0) is 37.9 Å². The highest BCUT2D eigenvalue weighted by Crippen LogP contribution is 2.31. The van der Waals surface area contributed by atoms with Gasteiger partial charge in [0.2, 0.25) is 5.89 Å². The molecule has 2 aromatic rings. The molecular formula is C17H20FN3O2. The van der Waals surface area contributed by atoms with Gasteiger partial charge in [0.1, 0.15) is 5.82 Å².